The van der Waals surface area contributed by atoms with E-state index in [4.69, 9.17) is 9.84 Å². The van der Waals surface area contributed by atoms with Crippen molar-refractivity contribution in [2.75, 3.05) is 14.1 Å². The molecule has 0 heterocycles. The van der Waals surface area contributed by atoms with Crippen molar-refractivity contribution in [3.8, 4) is 0 Å². The molecule has 1 rings (SSSR count). The van der Waals surface area contributed by atoms with Gasteiger partial charge in [-0.2, -0.15) is 0 Å². The number of hydrogen-bond donors (Lipinski definition) is 1. The highest BCUT2D eigenvalue weighted by Gasteiger charge is 2.54. The molecule has 0 saturated heterocycles. The molecule has 1 fully saturated rings. The second-order valence-electron chi connectivity index (χ2n) is 3.06. The third-order valence-electron chi connectivity index (χ3n) is 1.74. The third-order valence-corrected chi connectivity index (χ3v) is 1.74. The summed E-state index contributed by atoms with van der Waals surface area (Å²) in [5.41, 5.74) is -1.22. The van der Waals surface area contributed by atoms with Crippen LogP contribution in [0.3, 0.4) is 0 Å². The first-order chi connectivity index (χ1) is 5.48. The molecule has 0 aromatic rings. The molecule has 0 unspecified atom stereocenters. The summed E-state index contributed by atoms with van der Waals surface area (Å²) in [5, 5.41) is 8.64. The minimum atomic E-state index is -1.22. The van der Waals surface area contributed by atoms with Gasteiger partial charge in [-0.15, -0.1) is 0 Å². The number of amides is 1. The number of nitrogens with zero attached hydrogens (tertiary/aromatic N) is 1. The first-order valence-electron chi connectivity index (χ1n) is 3.62. The van der Waals surface area contributed by atoms with E-state index in [-0.39, 0.29) is 0 Å². The highest BCUT2D eigenvalue weighted by atomic mass is 16.6. The van der Waals surface area contributed by atoms with E-state index in [1.807, 2.05) is 0 Å². The summed E-state index contributed by atoms with van der Waals surface area (Å²) in [6.45, 7) is 0. The van der Waals surface area contributed by atoms with E-state index in [0.29, 0.717) is 12.8 Å². The Hall–Kier alpha value is -1.26. The van der Waals surface area contributed by atoms with Crippen molar-refractivity contribution in [3.63, 3.8) is 0 Å². The SMILES string of the molecule is CN(C)C(=O)OC1(C(=O)O)CC1. The molecule has 5 nitrogen and oxygen atoms in total. The van der Waals surface area contributed by atoms with Crippen molar-refractivity contribution in [1.29, 1.82) is 0 Å². The van der Waals surface area contributed by atoms with Crippen LogP contribution in [0.25, 0.3) is 0 Å². The Balaban J connectivity index is 2.51. The first kappa shape index (κ1) is 8.83. The Morgan fingerprint density at radius 1 is 1.42 bits per heavy atom. The molecule has 0 radical (unpaired) electrons. The summed E-state index contributed by atoms with van der Waals surface area (Å²) >= 11 is 0. The highest BCUT2D eigenvalue weighted by Crippen LogP contribution is 2.40. The van der Waals surface area contributed by atoms with E-state index in [1.165, 1.54) is 19.0 Å². The van der Waals surface area contributed by atoms with Crippen LogP contribution in [-0.4, -0.2) is 41.8 Å². The maximum Gasteiger partial charge on any atom is 0.410 e. The number of rotatable bonds is 2. The maximum atomic E-state index is 10.9. The standard InChI is InChI=1S/C7H11NO4/c1-8(2)6(11)12-7(3-4-7)5(9)10/h3-4H2,1-2H3,(H,9,10). The minimum Gasteiger partial charge on any atom is -0.478 e. The fourth-order valence-corrected chi connectivity index (χ4v) is 0.732. The summed E-state index contributed by atoms with van der Waals surface area (Å²) < 4.78 is 4.76. The lowest BCUT2D eigenvalue weighted by atomic mass is 10.3. The molecule has 1 amide bonds. The molecule has 12 heavy (non-hydrogen) atoms. The third kappa shape index (κ3) is 1.49. The van der Waals surface area contributed by atoms with Crippen LogP contribution in [-0.2, 0) is 9.53 Å². The van der Waals surface area contributed by atoms with Crippen molar-refractivity contribution >= 4 is 12.1 Å². The number of carboxylic acids is 1. The van der Waals surface area contributed by atoms with Gasteiger partial charge in [0, 0.05) is 26.9 Å². The summed E-state index contributed by atoms with van der Waals surface area (Å²) in [6, 6.07) is 0. The molecule has 0 spiro atoms. The van der Waals surface area contributed by atoms with E-state index < -0.39 is 17.7 Å². The van der Waals surface area contributed by atoms with Crippen LogP contribution in [0.4, 0.5) is 4.79 Å². The Bertz CT molecular complexity index is 219. The van der Waals surface area contributed by atoms with E-state index in [0.717, 1.165) is 0 Å². The molecule has 5 heteroatoms. The lowest BCUT2D eigenvalue weighted by Gasteiger charge is -2.15. The normalized spacial score (nSPS) is 18.2. The highest BCUT2D eigenvalue weighted by molar-refractivity contribution is 5.84. The molecule has 0 atom stereocenters. The van der Waals surface area contributed by atoms with E-state index >= 15 is 0 Å². The summed E-state index contributed by atoms with van der Waals surface area (Å²) in [7, 11) is 3.03. The topological polar surface area (TPSA) is 66.8 Å². The van der Waals surface area contributed by atoms with Crippen LogP contribution in [0, 0.1) is 0 Å². The number of carboxylic acid groups (broad SMARTS) is 1. The predicted octanol–water partition coefficient (Wildman–Crippen LogP) is 0.302. The van der Waals surface area contributed by atoms with Gasteiger partial charge in [0.2, 0.25) is 5.60 Å². The Kier molecular flexibility index (Phi) is 1.95. The van der Waals surface area contributed by atoms with Gasteiger partial charge in [0.05, 0.1) is 0 Å². The number of carbonyl (C=O) groups is 2. The van der Waals surface area contributed by atoms with Gasteiger partial charge >= 0.3 is 12.1 Å². The minimum absolute atomic E-state index is 0.419. The van der Waals surface area contributed by atoms with Gasteiger partial charge in [-0.3, -0.25) is 0 Å². The second kappa shape index (κ2) is 2.66. The smallest absolute Gasteiger partial charge is 0.410 e. The van der Waals surface area contributed by atoms with Crippen LogP contribution in [0.15, 0.2) is 0 Å². The van der Waals surface area contributed by atoms with Gasteiger partial charge < -0.3 is 14.7 Å². The molecule has 1 N–H and O–H groups in total. The lowest BCUT2D eigenvalue weighted by molar-refractivity contribution is -0.149. The predicted molar refractivity (Wildman–Crippen MR) is 39.8 cm³/mol. The molecule has 0 bridgehead atoms. The zero-order valence-corrected chi connectivity index (χ0v) is 7.03. The number of aliphatic carboxylic acids is 1. The number of hydrogen-bond acceptors (Lipinski definition) is 3. The van der Waals surface area contributed by atoms with Crippen molar-refractivity contribution < 1.29 is 19.4 Å². The second-order valence-corrected chi connectivity index (χ2v) is 3.06. The molecule has 0 aromatic carbocycles. The average molecular weight is 173 g/mol. The van der Waals surface area contributed by atoms with Crippen molar-refractivity contribution in [3.05, 3.63) is 0 Å². The molecule has 1 aliphatic rings. The molecule has 68 valence electrons. The summed E-state index contributed by atoms with van der Waals surface area (Å²) in [5.74, 6) is -1.06. The Morgan fingerprint density at radius 2 is 1.92 bits per heavy atom. The molecule has 0 aliphatic heterocycles. The Morgan fingerprint density at radius 3 is 2.17 bits per heavy atom. The lowest BCUT2D eigenvalue weighted by Crippen LogP contribution is -2.34. The molecular formula is C7H11NO4. The Labute approximate surface area is 69.9 Å². The fourth-order valence-electron chi connectivity index (χ4n) is 0.732. The number of carbonyl (C=O) groups excluding carboxylic acids is 1. The summed E-state index contributed by atoms with van der Waals surface area (Å²) in [6.07, 6.45) is 0.235. The van der Waals surface area contributed by atoms with Gasteiger partial charge in [-0.25, -0.2) is 9.59 Å². The maximum absolute atomic E-state index is 10.9. The summed E-state index contributed by atoms with van der Waals surface area (Å²) in [4.78, 5) is 22.7. The fraction of sp³-hybridized carbons (Fsp3) is 0.714. The monoisotopic (exact) mass is 173 g/mol. The largest absolute Gasteiger partial charge is 0.478 e. The van der Waals surface area contributed by atoms with Crippen LogP contribution in [0.5, 0.6) is 0 Å². The van der Waals surface area contributed by atoms with E-state index in [2.05, 4.69) is 0 Å². The van der Waals surface area contributed by atoms with Crippen LogP contribution in [0.2, 0.25) is 0 Å². The van der Waals surface area contributed by atoms with Crippen LogP contribution in [0.1, 0.15) is 12.8 Å². The average Bonchev–Trinajstić information content (AvgIpc) is 2.68. The van der Waals surface area contributed by atoms with Gasteiger partial charge in [0.25, 0.3) is 0 Å². The molecule has 0 aromatic heterocycles. The molecular weight excluding hydrogens is 162 g/mol. The quantitative estimate of drug-likeness (QED) is 0.652. The van der Waals surface area contributed by atoms with Gasteiger partial charge in [-0.05, 0) is 0 Å². The molecule has 1 saturated carbocycles. The molecule has 1 aliphatic carbocycles. The first-order valence-corrected chi connectivity index (χ1v) is 3.62. The van der Waals surface area contributed by atoms with Crippen molar-refractivity contribution in [2.45, 2.75) is 18.4 Å². The van der Waals surface area contributed by atoms with E-state index in [9.17, 15) is 9.59 Å². The zero-order chi connectivity index (χ0) is 9.35. The van der Waals surface area contributed by atoms with E-state index in [1.54, 1.807) is 0 Å². The van der Waals surface area contributed by atoms with Crippen molar-refractivity contribution in [1.82, 2.24) is 4.90 Å². The van der Waals surface area contributed by atoms with Crippen molar-refractivity contribution in [2.24, 2.45) is 0 Å². The van der Waals surface area contributed by atoms with Gasteiger partial charge in [0.1, 0.15) is 0 Å². The zero-order valence-electron chi connectivity index (χ0n) is 7.03. The van der Waals surface area contributed by atoms with Gasteiger partial charge in [0.15, 0.2) is 0 Å². The van der Waals surface area contributed by atoms with Crippen LogP contribution >= 0.6 is 0 Å². The number of ether oxygens (including phenoxy) is 1. The van der Waals surface area contributed by atoms with Crippen LogP contribution < -0.4 is 0 Å². The van der Waals surface area contributed by atoms with Gasteiger partial charge in [-0.1, -0.05) is 0 Å².